The lowest BCUT2D eigenvalue weighted by Crippen LogP contribution is -1.94. The first-order chi connectivity index (χ1) is 9.65. The number of hydrogen-bond donors (Lipinski definition) is 3. The van der Waals surface area contributed by atoms with Gasteiger partial charge < -0.3 is 5.32 Å². The van der Waals surface area contributed by atoms with Gasteiger partial charge in [0.1, 0.15) is 5.52 Å². The molecular weight excluding hydrogens is 278 g/mol. The highest BCUT2D eigenvalue weighted by Crippen LogP contribution is 2.28. The van der Waals surface area contributed by atoms with E-state index in [1.54, 1.807) is 18.3 Å². The Bertz CT molecular complexity index is 801. The molecule has 0 bridgehead atoms. The molecule has 0 aliphatic rings. The summed E-state index contributed by atoms with van der Waals surface area (Å²) in [6, 6.07) is 8.24. The summed E-state index contributed by atoms with van der Waals surface area (Å²) < 4.78 is 0. The van der Waals surface area contributed by atoms with E-state index in [2.05, 4.69) is 33.1 Å². The van der Waals surface area contributed by atoms with E-state index in [0.29, 0.717) is 17.0 Å². The Morgan fingerprint density at radius 2 is 2.20 bits per heavy atom. The van der Waals surface area contributed by atoms with Crippen LogP contribution in [0.4, 0.5) is 17.2 Å². The zero-order valence-electron chi connectivity index (χ0n) is 10.1. The number of hydrogen-bond acceptors (Lipinski definition) is 6. The highest BCUT2D eigenvalue weighted by Gasteiger charge is 2.12. The first-order valence-corrected chi connectivity index (χ1v) is 6.13. The van der Waals surface area contributed by atoms with Crippen LogP contribution >= 0.6 is 12.6 Å². The molecule has 3 aromatic rings. The van der Waals surface area contributed by atoms with E-state index >= 15 is 0 Å². The molecular formula is C12H9N5O2S. The molecule has 2 N–H and O–H groups in total. The van der Waals surface area contributed by atoms with Gasteiger partial charge in [0.25, 0.3) is 5.69 Å². The van der Waals surface area contributed by atoms with E-state index in [1.807, 2.05) is 12.1 Å². The number of nitro benzene ring substituents is 1. The molecule has 100 valence electrons. The molecule has 8 heteroatoms. The van der Waals surface area contributed by atoms with Crippen molar-refractivity contribution in [3.8, 4) is 0 Å². The summed E-state index contributed by atoms with van der Waals surface area (Å²) in [4.78, 5) is 14.8. The van der Waals surface area contributed by atoms with Gasteiger partial charge in [-0.05, 0) is 24.3 Å². The van der Waals surface area contributed by atoms with Gasteiger partial charge in [0.15, 0.2) is 5.82 Å². The number of nitrogens with one attached hydrogen (secondary N) is 2. The highest BCUT2D eigenvalue weighted by atomic mass is 32.1. The van der Waals surface area contributed by atoms with Crippen LogP contribution in [-0.2, 0) is 0 Å². The maximum absolute atomic E-state index is 10.7. The van der Waals surface area contributed by atoms with Crippen LogP contribution < -0.4 is 5.32 Å². The number of H-pyrrole nitrogens is 1. The lowest BCUT2D eigenvalue weighted by molar-refractivity contribution is -0.387. The minimum atomic E-state index is -0.475. The molecule has 0 amide bonds. The highest BCUT2D eigenvalue weighted by molar-refractivity contribution is 7.80. The van der Waals surface area contributed by atoms with E-state index in [1.165, 1.54) is 6.07 Å². The molecule has 2 heterocycles. The van der Waals surface area contributed by atoms with Crippen LogP contribution in [0.15, 0.2) is 41.4 Å². The summed E-state index contributed by atoms with van der Waals surface area (Å²) in [6.45, 7) is 0. The van der Waals surface area contributed by atoms with Gasteiger partial charge in [-0.15, -0.1) is 12.6 Å². The lowest BCUT2D eigenvalue weighted by Gasteiger charge is -2.04. The summed E-state index contributed by atoms with van der Waals surface area (Å²) in [5.74, 6) is 0.558. The average Bonchev–Trinajstić information content (AvgIpc) is 2.82. The van der Waals surface area contributed by atoms with Gasteiger partial charge in [-0.1, -0.05) is 0 Å². The number of aromatic amines is 1. The second-order valence-electron chi connectivity index (χ2n) is 4.06. The fourth-order valence-corrected chi connectivity index (χ4v) is 2.13. The van der Waals surface area contributed by atoms with Gasteiger partial charge in [-0.25, -0.2) is 0 Å². The molecule has 3 rings (SSSR count). The van der Waals surface area contributed by atoms with Crippen LogP contribution in [0.5, 0.6) is 0 Å². The Labute approximate surface area is 118 Å². The minimum absolute atomic E-state index is 0.0381. The molecule has 0 radical (unpaired) electrons. The van der Waals surface area contributed by atoms with Crippen molar-refractivity contribution in [2.45, 2.75) is 4.90 Å². The summed E-state index contributed by atoms with van der Waals surface area (Å²) in [7, 11) is 0. The molecule has 2 aromatic heterocycles. The van der Waals surface area contributed by atoms with Crippen molar-refractivity contribution < 1.29 is 4.92 Å². The van der Waals surface area contributed by atoms with Crippen molar-refractivity contribution in [2.24, 2.45) is 0 Å². The van der Waals surface area contributed by atoms with Crippen molar-refractivity contribution in [1.29, 1.82) is 0 Å². The summed E-state index contributed by atoms with van der Waals surface area (Å²) >= 11 is 4.11. The number of anilines is 2. The van der Waals surface area contributed by atoms with Gasteiger partial charge in [-0.2, -0.15) is 5.10 Å². The van der Waals surface area contributed by atoms with Crippen LogP contribution in [0.2, 0.25) is 0 Å². The fraction of sp³-hybridized carbons (Fsp3) is 0. The van der Waals surface area contributed by atoms with Crippen LogP contribution in [-0.4, -0.2) is 20.1 Å². The van der Waals surface area contributed by atoms with Crippen LogP contribution in [0.25, 0.3) is 11.0 Å². The molecule has 0 unspecified atom stereocenters. The predicted molar refractivity (Wildman–Crippen MR) is 77.5 cm³/mol. The maximum Gasteiger partial charge on any atom is 0.282 e. The lowest BCUT2D eigenvalue weighted by atomic mass is 10.2. The summed E-state index contributed by atoms with van der Waals surface area (Å²) in [6.07, 6.45) is 1.67. The molecule has 0 fully saturated rings. The Hall–Kier alpha value is -2.61. The zero-order valence-corrected chi connectivity index (χ0v) is 11.0. The molecule has 1 aromatic carbocycles. The molecule has 0 aliphatic carbocycles. The minimum Gasteiger partial charge on any atom is -0.337 e. The standard InChI is InChI=1S/C12H9N5O2S/c18-17(19)9-4-3-7(6-10(9)20)14-12-11-8(15-16-12)2-1-5-13-11/h1-6,20H,(H2,14,15,16). The van der Waals surface area contributed by atoms with Crippen molar-refractivity contribution in [1.82, 2.24) is 15.2 Å². The Morgan fingerprint density at radius 3 is 2.95 bits per heavy atom. The van der Waals surface area contributed by atoms with Crippen LogP contribution in [0.1, 0.15) is 0 Å². The van der Waals surface area contributed by atoms with Gasteiger partial charge in [0, 0.05) is 18.0 Å². The number of thiol groups is 1. The number of rotatable bonds is 3. The van der Waals surface area contributed by atoms with Crippen LogP contribution in [0, 0.1) is 10.1 Å². The van der Waals surface area contributed by atoms with Crippen molar-refractivity contribution in [2.75, 3.05) is 5.32 Å². The topological polar surface area (TPSA) is 96.7 Å². The molecule has 0 saturated heterocycles. The predicted octanol–water partition coefficient (Wildman–Crippen LogP) is 2.90. The van der Waals surface area contributed by atoms with Crippen molar-refractivity contribution >= 4 is 40.9 Å². The number of nitrogens with zero attached hydrogens (tertiary/aromatic N) is 3. The molecule has 0 spiro atoms. The fourth-order valence-electron chi connectivity index (χ4n) is 1.83. The Morgan fingerprint density at radius 1 is 1.35 bits per heavy atom. The molecule has 0 saturated carbocycles. The first-order valence-electron chi connectivity index (χ1n) is 5.68. The third kappa shape index (κ3) is 2.16. The molecule has 20 heavy (non-hydrogen) atoms. The largest absolute Gasteiger partial charge is 0.337 e. The number of aromatic nitrogens is 3. The van der Waals surface area contributed by atoms with E-state index in [4.69, 9.17) is 0 Å². The third-order valence-corrected chi connectivity index (χ3v) is 3.11. The van der Waals surface area contributed by atoms with E-state index in [-0.39, 0.29) is 10.6 Å². The van der Waals surface area contributed by atoms with Crippen molar-refractivity contribution in [3.05, 3.63) is 46.6 Å². The summed E-state index contributed by atoms with van der Waals surface area (Å²) in [5, 5.41) is 20.8. The monoisotopic (exact) mass is 287 g/mol. The second-order valence-corrected chi connectivity index (χ2v) is 4.54. The smallest absolute Gasteiger partial charge is 0.282 e. The van der Waals surface area contributed by atoms with E-state index in [0.717, 1.165) is 5.52 Å². The van der Waals surface area contributed by atoms with Gasteiger partial charge in [-0.3, -0.25) is 20.2 Å². The van der Waals surface area contributed by atoms with Gasteiger partial charge in [0.2, 0.25) is 0 Å². The molecule has 0 atom stereocenters. The second kappa shape index (κ2) is 4.82. The Balaban J connectivity index is 1.95. The number of benzene rings is 1. The number of fused-ring (bicyclic) bond motifs is 1. The van der Waals surface area contributed by atoms with E-state index < -0.39 is 4.92 Å². The van der Waals surface area contributed by atoms with Gasteiger partial charge in [0.05, 0.1) is 15.3 Å². The average molecular weight is 287 g/mol. The third-order valence-electron chi connectivity index (χ3n) is 2.76. The number of pyridine rings is 1. The SMILES string of the molecule is O=[N+]([O-])c1ccc(Nc2n[nH]c3cccnc23)cc1S. The van der Waals surface area contributed by atoms with Crippen molar-refractivity contribution in [3.63, 3.8) is 0 Å². The normalized spacial score (nSPS) is 10.7. The first kappa shape index (κ1) is 12.4. The van der Waals surface area contributed by atoms with Crippen LogP contribution in [0.3, 0.4) is 0 Å². The van der Waals surface area contributed by atoms with E-state index in [9.17, 15) is 10.1 Å². The zero-order chi connectivity index (χ0) is 14.1. The maximum atomic E-state index is 10.7. The Kier molecular flexibility index (Phi) is 2.99. The molecule has 0 aliphatic heterocycles. The molecule has 7 nitrogen and oxygen atoms in total. The number of nitro groups is 1. The quantitative estimate of drug-likeness (QED) is 0.391. The summed E-state index contributed by atoms with van der Waals surface area (Å²) in [5.41, 5.74) is 2.12. The van der Waals surface area contributed by atoms with Gasteiger partial charge >= 0.3 is 0 Å².